The van der Waals surface area contributed by atoms with Crippen LogP contribution in [-0.2, 0) is 22.4 Å². The normalized spacial score (nSPS) is 10.5. The summed E-state index contributed by atoms with van der Waals surface area (Å²) < 4.78 is 28.3. The van der Waals surface area contributed by atoms with Gasteiger partial charge in [0.25, 0.3) is 0 Å². The largest absolute Gasteiger partial charge is 0.481 e. The third-order valence-electron chi connectivity index (χ3n) is 2.35. The molecule has 0 aliphatic heterocycles. The van der Waals surface area contributed by atoms with Crippen LogP contribution in [0.25, 0.3) is 0 Å². The minimum Gasteiger partial charge on any atom is -0.481 e. The van der Waals surface area contributed by atoms with Gasteiger partial charge in [0, 0.05) is 6.42 Å². The van der Waals surface area contributed by atoms with Crippen molar-refractivity contribution in [2.75, 3.05) is 0 Å². The Kier molecular flexibility index (Phi) is 5.23. The number of carboxylic acids is 2. The fourth-order valence-electron chi connectivity index (χ4n) is 1.59. The highest BCUT2D eigenvalue weighted by Gasteiger charge is 2.12. The average Bonchev–Trinajstić information content (AvgIpc) is 2.27. The molecule has 0 fully saturated rings. The van der Waals surface area contributed by atoms with Crippen LogP contribution >= 0.6 is 0 Å². The maximum Gasteiger partial charge on any atom is 0.387 e. The molecule has 1 aromatic rings. The molecule has 0 aromatic heterocycles. The van der Waals surface area contributed by atoms with Crippen LogP contribution in [0, 0.1) is 0 Å². The summed E-state index contributed by atoms with van der Waals surface area (Å²) in [5.74, 6) is -2.26. The van der Waals surface area contributed by atoms with E-state index in [0.29, 0.717) is 11.1 Å². The third kappa shape index (κ3) is 5.33. The van der Waals surface area contributed by atoms with Gasteiger partial charge in [-0.15, -0.1) is 0 Å². The molecule has 0 heterocycles. The van der Waals surface area contributed by atoms with Gasteiger partial charge in [0.15, 0.2) is 0 Å². The van der Waals surface area contributed by atoms with E-state index in [0.717, 1.165) is 0 Å². The van der Waals surface area contributed by atoms with Gasteiger partial charge in [0.1, 0.15) is 5.75 Å². The molecule has 104 valence electrons. The first kappa shape index (κ1) is 14.9. The summed E-state index contributed by atoms with van der Waals surface area (Å²) in [4.78, 5) is 21.2. The molecule has 0 saturated carbocycles. The van der Waals surface area contributed by atoms with Gasteiger partial charge in [0.05, 0.1) is 6.42 Å². The van der Waals surface area contributed by atoms with Gasteiger partial charge < -0.3 is 14.9 Å². The lowest BCUT2D eigenvalue weighted by Crippen LogP contribution is -2.07. The number of aryl methyl sites for hydroxylation is 1. The molecule has 0 radical (unpaired) electrons. The summed E-state index contributed by atoms with van der Waals surface area (Å²) in [5.41, 5.74) is 0.762. The lowest BCUT2D eigenvalue weighted by molar-refractivity contribution is -0.137. The van der Waals surface area contributed by atoms with E-state index < -0.39 is 18.6 Å². The minimum atomic E-state index is -2.99. The van der Waals surface area contributed by atoms with Crippen LogP contribution in [-0.4, -0.2) is 28.8 Å². The van der Waals surface area contributed by atoms with Gasteiger partial charge >= 0.3 is 18.6 Å². The predicted molar refractivity (Wildman–Crippen MR) is 60.4 cm³/mol. The lowest BCUT2D eigenvalue weighted by Gasteiger charge is -2.10. The highest BCUT2D eigenvalue weighted by atomic mass is 19.3. The maximum atomic E-state index is 12.1. The standard InChI is InChI=1S/C12H12F2O5/c13-12(14)19-9-3-1-8(6-11(17)18)7(5-9)2-4-10(15)16/h1,3,5,12H,2,4,6H2,(H,15,16)(H,17,18). The van der Waals surface area contributed by atoms with Crippen molar-refractivity contribution in [3.8, 4) is 5.75 Å². The molecule has 5 nitrogen and oxygen atoms in total. The third-order valence-corrected chi connectivity index (χ3v) is 2.35. The van der Waals surface area contributed by atoms with E-state index in [-0.39, 0.29) is 25.0 Å². The van der Waals surface area contributed by atoms with Crippen molar-refractivity contribution in [1.82, 2.24) is 0 Å². The molecule has 2 N–H and O–H groups in total. The molecule has 1 aromatic carbocycles. The van der Waals surface area contributed by atoms with Crippen LogP contribution in [0.5, 0.6) is 5.75 Å². The second-order valence-electron chi connectivity index (χ2n) is 3.77. The quantitative estimate of drug-likeness (QED) is 0.793. The Morgan fingerprint density at radius 2 is 1.84 bits per heavy atom. The first-order chi connectivity index (χ1) is 8.88. The Morgan fingerprint density at radius 3 is 2.37 bits per heavy atom. The molecule has 1 rings (SSSR count). The number of carbonyl (C=O) groups is 2. The molecule has 0 spiro atoms. The molecule has 0 bridgehead atoms. The van der Waals surface area contributed by atoms with E-state index in [9.17, 15) is 18.4 Å². The molecule has 0 unspecified atom stereocenters. The van der Waals surface area contributed by atoms with Crippen molar-refractivity contribution in [2.45, 2.75) is 25.9 Å². The number of carboxylic acid groups (broad SMARTS) is 2. The Labute approximate surface area is 107 Å². The second kappa shape index (κ2) is 6.67. The molecule has 0 aliphatic rings. The SMILES string of the molecule is O=C(O)CCc1cc(OC(F)F)ccc1CC(=O)O. The van der Waals surface area contributed by atoms with E-state index in [1.807, 2.05) is 0 Å². The van der Waals surface area contributed by atoms with Crippen LogP contribution in [0.2, 0.25) is 0 Å². The zero-order valence-corrected chi connectivity index (χ0v) is 9.81. The van der Waals surface area contributed by atoms with Crippen molar-refractivity contribution in [1.29, 1.82) is 0 Å². The highest BCUT2D eigenvalue weighted by Crippen LogP contribution is 2.21. The molecular formula is C12H12F2O5. The van der Waals surface area contributed by atoms with Crippen LogP contribution < -0.4 is 4.74 Å². The predicted octanol–water partition coefficient (Wildman–Crippen LogP) is 1.93. The highest BCUT2D eigenvalue weighted by molar-refractivity contribution is 5.71. The van der Waals surface area contributed by atoms with E-state index in [1.54, 1.807) is 0 Å². The molecule has 0 atom stereocenters. The minimum absolute atomic E-state index is 0.0540. The van der Waals surface area contributed by atoms with Gasteiger partial charge in [-0.2, -0.15) is 8.78 Å². The molecule has 7 heteroatoms. The zero-order valence-electron chi connectivity index (χ0n) is 9.81. The first-order valence-corrected chi connectivity index (χ1v) is 5.38. The zero-order chi connectivity index (χ0) is 14.4. The number of hydrogen-bond donors (Lipinski definition) is 2. The lowest BCUT2D eigenvalue weighted by atomic mass is 10.00. The fourth-order valence-corrected chi connectivity index (χ4v) is 1.59. The summed E-state index contributed by atoms with van der Waals surface area (Å²) in [5, 5.41) is 17.3. The van der Waals surface area contributed by atoms with E-state index in [2.05, 4.69) is 4.74 Å². The Hall–Kier alpha value is -2.18. The summed E-state index contributed by atoms with van der Waals surface area (Å²) >= 11 is 0. The van der Waals surface area contributed by atoms with Crippen LogP contribution in [0.1, 0.15) is 17.5 Å². The summed E-state index contributed by atoms with van der Waals surface area (Å²) in [6.07, 6.45) is -0.465. The molecule has 0 amide bonds. The number of alkyl halides is 2. The molecule has 0 saturated heterocycles. The average molecular weight is 274 g/mol. The number of aliphatic carboxylic acids is 2. The summed E-state index contributed by atoms with van der Waals surface area (Å²) in [6.45, 7) is -2.99. The monoisotopic (exact) mass is 274 g/mol. The smallest absolute Gasteiger partial charge is 0.387 e. The Balaban J connectivity index is 2.95. The van der Waals surface area contributed by atoms with E-state index in [4.69, 9.17) is 10.2 Å². The molecule has 0 aliphatic carbocycles. The topological polar surface area (TPSA) is 83.8 Å². The van der Waals surface area contributed by atoms with Crippen molar-refractivity contribution in [2.24, 2.45) is 0 Å². The number of rotatable bonds is 7. The Morgan fingerprint density at radius 1 is 1.16 bits per heavy atom. The number of halogens is 2. The molecular weight excluding hydrogens is 262 g/mol. The number of ether oxygens (including phenoxy) is 1. The van der Waals surface area contributed by atoms with Gasteiger partial charge in [-0.1, -0.05) is 6.07 Å². The van der Waals surface area contributed by atoms with Crippen LogP contribution in [0.4, 0.5) is 8.78 Å². The fraction of sp³-hybridized carbons (Fsp3) is 0.333. The summed E-state index contributed by atoms with van der Waals surface area (Å²) in [7, 11) is 0. The van der Waals surface area contributed by atoms with Crippen LogP contribution in [0.15, 0.2) is 18.2 Å². The van der Waals surface area contributed by atoms with E-state index in [1.165, 1.54) is 18.2 Å². The van der Waals surface area contributed by atoms with Gasteiger partial charge in [-0.3, -0.25) is 9.59 Å². The number of hydrogen-bond acceptors (Lipinski definition) is 3. The molecule has 19 heavy (non-hydrogen) atoms. The Bertz CT molecular complexity index is 473. The maximum absolute atomic E-state index is 12.1. The van der Waals surface area contributed by atoms with Gasteiger partial charge in [-0.25, -0.2) is 0 Å². The van der Waals surface area contributed by atoms with Crippen molar-refractivity contribution in [3.05, 3.63) is 29.3 Å². The van der Waals surface area contributed by atoms with Gasteiger partial charge in [-0.05, 0) is 29.7 Å². The van der Waals surface area contributed by atoms with Crippen molar-refractivity contribution in [3.63, 3.8) is 0 Å². The van der Waals surface area contributed by atoms with Crippen LogP contribution in [0.3, 0.4) is 0 Å². The van der Waals surface area contributed by atoms with Crippen molar-refractivity contribution < 1.29 is 33.3 Å². The van der Waals surface area contributed by atoms with Crippen molar-refractivity contribution >= 4 is 11.9 Å². The summed E-state index contributed by atoms with van der Waals surface area (Å²) in [6, 6.07) is 3.82. The van der Waals surface area contributed by atoms with Gasteiger partial charge in [0.2, 0.25) is 0 Å². The first-order valence-electron chi connectivity index (χ1n) is 5.38. The second-order valence-corrected chi connectivity index (χ2v) is 3.77. The number of benzene rings is 1. The van der Waals surface area contributed by atoms with E-state index >= 15 is 0 Å².